The van der Waals surface area contributed by atoms with Gasteiger partial charge in [0.15, 0.2) is 0 Å². The van der Waals surface area contributed by atoms with Crippen molar-refractivity contribution in [2.24, 2.45) is 0 Å². The molecule has 0 spiro atoms. The SMILES string of the molecule is COc1ccc(Cn2c(C)c(C3=CCN(S(=O)(=O)c4ccc5c(c4)CCCC5)CC3)c3ccccc32)cc1. The van der Waals surface area contributed by atoms with Crippen molar-refractivity contribution in [3.63, 3.8) is 0 Å². The number of fused-ring (bicyclic) bond motifs is 2. The van der Waals surface area contributed by atoms with E-state index in [0.717, 1.165) is 31.6 Å². The lowest BCUT2D eigenvalue weighted by atomic mass is 9.92. The van der Waals surface area contributed by atoms with E-state index in [9.17, 15) is 8.42 Å². The molecule has 0 fully saturated rings. The molecule has 3 aromatic carbocycles. The molecule has 196 valence electrons. The van der Waals surface area contributed by atoms with E-state index in [1.165, 1.54) is 50.8 Å². The standard InChI is InChI=1S/C32H34N2O3S/c1-23-32(30-9-5-6-10-31(30)34(23)22-24-11-14-28(37-2)15-12-24)26-17-19-33(20-18-26)38(35,36)29-16-13-25-7-3-4-8-27(25)21-29/h5-6,9-17,21H,3-4,7-8,18-20,22H2,1-2H3. The molecule has 2 heterocycles. The molecule has 0 radical (unpaired) electrons. The topological polar surface area (TPSA) is 51.5 Å². The number of hydrogen-bond donors (Lipinski definition) is 0. The molecule has 0 amide bonds. The van der Waals surface area contributed by atoms with Crippen molar-refractivity contribution in [1.82, 2.24) is 8.87 Å². The van der Waals surface area contributed by atoms with Crippen LogP contribution >= 0.6 is 0 Å². The molecule has 1 aliphatic carbocycles. The summed E-state index contributed by atoms with van der Waals surface area (Å²) in [6.45, 7) is 3.83. The first-order valence-electron chi connectivity index (χ1n) is 13.5. The van der Waals surface area contributed by atoms with Crippen LogP contribution in [0.2, 0.25) is 0 Å². The Bertz CT molecular complexity index is 1630. The number of benzene rings is 3. The summed E-state index contributed by atoms with van der Waals surface area (Å²) in [6, 6.07) is 22.5. The summed E-state index contributed by atoms with van der Waals surface area (Å²) in [6.07, 6.45) is 7.17. The van der Waals surface area contributed by atoms with E-state index in [1.807, 2.05) is 24.3 Å². The number of hydrogen-bond acceptors (Lipinski definition) is 3. The van der Waals surface area contributed by atoms with Crippen LogP contribution in [-0.2, 0) is 29.4 Å². The van der Waals surface area contributed by atoms with Gasteiger partial charge in [-0.25, -0.2) is 8.42 Å². The van der Waals surface area contributed by atoms with E-state index in [4.69, 9.17) is 4.74 Å². The zero-order valence-electron chi connectivity index (χ0n) is 22.1. The first-order valence-corrected chi connectivity index (χ1v) is 14.9. The number of methoxy groups -OCH3 is 1. The number of rotatable bonds is 6. The van der Waals surface area contributed by atoms with Gasteiger partial charge >= 0.3 is 0 Å². The Hall–Kier alpha value is -3.35. The summed E-state index contributed by atoms with van der Waals surface area (Å²) in [5, 5.41) is 1.22. The predicted octanol–water partition coefficient (Wildman–Crippen LogP) is 6.36. The Balaban J connectivity index is 1.29. The molecule has 0 N–H and O–H groups in total. The summed E-state index contributed by atoms with van der Waals surface area (Å²) in [5.74, 6) is 0.853. The molecule has 1 aromatic heterocycles. The second-order valence-electron chi connectivity index (χ2n) is 10.4. The molecular formula is C32H34N2O3S. The maximum Gasteiger partial charge on any atom is 0.243 e. The molecule has 0 unspecified atom stereocenters. The van der Waals surface area contributed by atoms with Crippen molar-refractivity contribution in [3.8, 4) is 5.75 Å². The lowest BCUT2D eigenvalue weighted by molar-refractivity contribution is 0.414. The first kappa shape index (κ1) is 25.0. The van der Waals surface area contributed by atoms with Crippen LogP contribution in [0.1, 0.15) is 47.2 Å². The normalized spacial score (nSPS) is 16.3. The van der Waals surface area contributed by atoms with E-state index in [-0.39, 0.29) is 0 Å². The Morgan fingerprint density at radius 3 is 2.39 bits per heavy atom. The molecule has 0 saturated heterocycles. The van der Waals surface area contributed by atoms with Crippen LogP contribution in [0.4, 0.5) is 0 Å². The number of ether oxygens (including phenoxy) is 1. The molecule has 0 bridgehead atoms. The quantitative estimate of drug-likeness (QED) is 0.294. The smallest absolute Gasteiger partial charge is 0.243 e. The Morgan fingerprint density at radius 2 is 1.66 bits per heavy atom. The van der Waals surface area contributed by atoms with Crippen LogP contribution in [0.5, 0.6) is 5.75 Å². The monoisotopic (exact) mass is 526 g/mol. The van der Waals surface area contributed by atoms with Gasteiger partial charge in [0.05, 0.1) is 12.0 Å². The molecule has 38 heavy (non-hydrogen) atoms. The van der Waals surface area contributed by atoms with Crippen molar-refractivity contribution in [3.05, 3.63) is 101 Å². The van der Waals surface area contributed by atoms with Gasteiger partial charge in [-0.2, -0.15) is 4.31 Å². The van der Waals surface area contributed by atoms with E-state index < -0.39 is 10.0 Å². The van der Waals surface area contributed by atoms with Crippen LogP contribution < -0.4 is 4.74 Å². The van der Waals surface area contributed by atoms with Gasteiger partial charge in [-0.05, 0) is 91.6 Å². The minimum atomic E-state index is -3.52. The van der Waals surface area contributed by atoms with Crippen LogP contribution in [0.3, 0.4) is 0 Å². The van der Waals surface area contributed by atoms with Gasteiger partial charge in [0.1, 0.15) is 5.75 Å². The molecule has 0 saturated carbocycles. The molecule has 6 rings (SSSR count). The van der Waals surface area contributed by atoms with Gasteiger partial charge < -0.3 is 9.30 Å². The number of sulfonamides is 1. The molecular weight excluding hydrogens is 492 g/mol. The number of aromatic nitrogens is 1. The van der Waals surface area contributed by atoms with Gasteiger partial charge in [-0.15, -0.1) is 0 Å². The molecule has 1 aliphatic heterocycles. The number of para-hydroxylation sites is 1. The van der Waals surface area contributed by atoms with Crippen molar-refractivity contribution in [2.45, 2.75) is 50.5 Å². The second kappa shape index (κ2) is 10.1. The molecule has 4 aromatic rings. The van der Waals surface area contributed by atoms with E-state index >= 15 is 0 Å². The van der Waals surface area contributed by atoms with Crippen molar-refractivity contribution < 1.29 is 13.2 Å². The third-order valence-electron chi connectivity index (χ3n) is 8.18. The zero-order valence-corrected chi connectivity index (χ0v) is 22.9. The van der Waals surface area contributed by atoms with Gasteiger partial charge in [0.25, 0.3) is 0 Å². The van der Waals surface area contributed by atoms with Crippen LogP contribution in [0.25, 0.3) is 16.5 Å². The van der Waals surface area contributed by atoms with Gasteiger partial charge in [0, 0.05) is 41.8 Å². The largest absolute Gasteiger partial charge is 0.497 e. The molecule has 5 nitrogen and oxygen atoms in total. The highest BCUT2D eigenvalue weighted by atomic mass is 32.2. The maximum absolute atomic E-state index is 13.5. The van der Waals surface area contributed by atoms with Gasteiger partial charge in [-0.3, -0.25) is 0 Å². The molecule has 0 atom stereocenters. The third kappa shape index (κ3) is 4.46. The fraction of sp³-hybridized carbons (Fsp3) is 0.312. The lowest BCUT2D eigenvalue weighted by Gasteiger charge is -2.27. The maximum atomic E-state index is 13.5. The van der Waals surface area contributed by atoms with Crippen molar-refractivity contribution in [1.29, 1.82) is 0 Å². The Labute approximate surface area is 225 Å². The van der Waals surface area contributed by atoms with E-state index in [1.54, 1.807) is 17.5 Å². The van der Waals surface area contributed by atoms with Crippen molar-refractivity contribution in [2.75, 3.05) is 20.2 Å². The highest BCUT2D eigenvalue weighted by Crippen LogP contribution is 2.36. The van der Waals surface area contributed by atoms with E-state index in [0.29, 0.717) is 24.4 Å². The lowest BCUT2D eigenvalue weighted by Crippen LogP contribution is -2.34. The molecule has 6 heteroatoms. The van der Waals surface area contributed by atoms with Crippen LogP contribution in [-0.4, -0.2) is 37.5 Å². The highest BCUT2D eigenvalue weighted by molar-refractivity contribution is 7.89. The average molecular weight is 527 g/mol. The molecule has 2 aliphatic rings. The summed E-state index contributed by atoms with van der Waals surface area (Å²) in [5.41, 5.74) is 8.58. The summed E-state index contributed by atoms with van der Waals surface area (Å²) < 4.78 is 36.4. The third-order valence-corrected chi connectivity index (χ3v) is 10.0. The van der Waals surface area contributed by atoms with Crippen LogP contribution in [0, 0.1) is 6.92 Å². The summed E-state index contributed by atoms with van der Waals surface area (Å²) in [7, 11) is -1.84. The Morgan fingerprint density at radius 1 is 0.895 bits per heavy atom. The predicted molar refractivity (Wildman–Crippen MR) is 153 cm³/mol. The number of aryl methyl sites for hydroxylation is 2. The van der Waals surface area contributed by atoms with Crippen LogP contribution in [0.15, 0.2) is 77.7 Å². The second-order valence-corrected chi connectivity index (χ2v) is 12.3. The summed E-state index contributed by atoms with van der Waals surface area (Å²) >= 11 is 0. The minimum Gasteiger partial charge on any atom is -0.497 e. The number of nitrogens with zero attached hydrogens (tertiary/aromatic N) is 2. The Kier molecular flexibility index (Phi) is 6.62. The fourth-order valence-corrected chi connectivity index (χ4v) is 7.50. The minimum absolute atomic E-state index is 0.395. The first-order chi connectivity index (χ1) is 18.5. The highest BCUT2D eigenvalue weighted by Gasteiger charge is 2.29. The zero-order chi connectivity index (χ0) is 26.3. The fourth-order valence-electron chi connectivity index (χ4n) is 6.07. The van der Waals surface area contributed by atoms with Gasteiger partial charge in [-0.1, -0.05) is 42.5 Å². The van der Waals surface area contributed by atoms with Crippen molar-refractivity contribution >= 4 is 26.5 Å². The van der Waals surface area contributed by atoms with E-state index in [2.05, 4.69) is 54.0 Å². The van der Waals surface area contributed by atoms with Gasteiger partial charge in [0.2, 0.25) is 10.0 Å². The average Bonchev–Trinajstić information content (AvgIpc) is 3.24. The summed E-state index contributed by atoms with van der Waals surface area (Å²) in [4.78, 5) is 0.433.